The Morgan fingerprint density at radius 3 is 1.78 bits per heavy atom. The summed E-state index contributed by atoms with van der Waals surface area (Å²) in [5, 5.41) is 9.57. The zero-order chi connectivity index (χ0) is 37.0. The van der Waals surface area contributed by atoms with Crippen molar-refractivity contribution in [2.75, 3.05) is 39.5 Å². The molecule has 2 rings (SSSR count). The van der Waals surface area contributed by atoms with Crippen molar-refractivity contribution in [2.24, 2.45) is 23.2 Å². The Kier molecular flexibility index (Phi) is 26.1. The van der Waals surface area contributed by atoms with E-state index in [1.807, 2.05) is 0 Å². The van der Waals surface area contributed by atoms with Gasteiger partial charge < -0.3 is 24.2 Å². The van der Waals surface area contributed by atoms with Gasteiger partial charge in [0, 0.05) is 18.4 Å². The summed E-state index contributed by atoms with van der Waals surface area (Å²) in [6, 6.07) is 0. The summed E-state index contributed by atoms with van der Waals surface area (Å²) < 4.78 is 17.1. The second-order valence-electron chi connectivity index (χ2n) is 17.1. The molecule has 2 aliphatic rings. The minimum Gasteiger partial charge on any atom is -0.462 e. The van der Waals surface area contributed by atoms with Gasteiger partial charge in [0.05, 0.1) is 13.2 Å². The van der Waals surface area contributed by atoms with E-state index in [-0.39, 0.29) is 24.1 Å². The maximum Gasteiger partial charge on any atom is 0.508 e. The molecule has 0 aromatic heterocycles. The van der Waals surface area contributed by atoms with E-state index in [1.165, 1.54) is 96.3 Å². The van der Waals surface area contributed by atoms with Crippen LogP contribution >= 0.6 is 0 Å². The fourth-order valence-corrected chi connectivity index (χ4v) is 9.36. The Bertz CT molecular complexity index is 831. The van der Waals surface area contributed by atoms with Crippen molar-refractivity contribution in [3.8, 4) is 0 Å². The van der Waals surface area contributed by atoms with Crippen LogP contribution in [0.15, 0.2) is 0 Å². The average molecular weight is 722 g/mol. The molecule has 0 spiro atoms. The molecule has 7 nitrogen and oxygen atoms in total. The van der Waals surface area contributed by atoms with Gasteiger partial charge in [0.2, 0.25) is 0 Å². The van der Waals surface area contributed by atoms with Crippen molar-refractivity contribution >= 4 is 12.1 Å². The van der Waals surface area contributed by atoms with Gasteiger partial charge in [0.1, 0.15) is 12.7 Å². The van der Waals surface area contributed by atoms with Crippen LogP contribution in [0, 0.1) is 23.2 Å². The van der Waals surface area contributed by atoms with Crippen molar-refractivity contribution in [3.05, 3.63) is 0 Å². The van der Waals surface area contributed by atoms with Crippen LogP contribution < -0.4 is 0 Å². The van der Waals surface area contributed by atoms with Gasteiger partial charge in [-0.25, -0.2) is 4.79 Å². The summed E-state index contributed by atoms with van der Waals surface area (Å²) in [6.45, 7) is 12.8. The van der Waals surface area contributed by atoms with Crippen LogP contribution in [-0.2, 0) is 19.0 Å². The Labute approximate surface area is 315 Å². The number of esters is 1. The predicted octanol–water partition coefficient (Wildman–Crippen LogP) is 11.8. The minimum atomic E-state index is -0.515. The largest absolute Gasteiger partial charge is 0.508 e. The monoisotopic (exact) mass is 722 g/mol. The smallest absolute Gasteiger partial charge is 0.462 e. The number of hydrogen-bond acceptors (Lipinski definition) is 7. The van der Waals surface area contributed by atoms with Crippen LogP contribution in [0.1, 0.15) is 201 Å². The summed E-state index contributed by atoms with van der Waals surface area (Å²) in [7, 11) is 0. The number of aliphatic hydroxyl groups excluding tert-OH is 1. The number of unbranched alkanes of at least 4 members (excludes halogenated alkanes) is 15. The van der Waals surface area contributed by atoms with Crippen molar-refractivity contribution in [3.63, 3.8) is 0 Å². The average Bonchev–Trinajstić information content (AvgIpc) is 3.08. The van der Waals surface area contributed by atoms with Crippen LogP contribution in [0.3, 0.4) is 0 Å². The number of carbonyl (C=O) groups is 2. The van der Waals surface area contributed by atoms with Crippen molar-refractivity contribution in [1.82, 2.24) is 4.90 Å². The second kappa shape index (κ2) is 29.1. The Hall–Kier alpha value is -1.34. The van der Waals surface area contributed by atoms with Crippen LogP contribution in [0.2, 0.25) is 0 Å². The maximum atomic E-state index is 12.7. The van der Waals surface area contributed by atoms with Crippen LogP contribution in [0.25, 0.3) is 0 Å². The minimum absolute atomic E-state index is 0.00102. The summed E-state index contributed by atoms with van der Waals surface area (Å²) in [4.78, 5) is 27.4. The van der Waals surface area contributed by atoms with E-state index in [0.29, 0.717) is 38.0 Å². The fraction of sp³-hybridized carbons (Fsp3) is 0.955. The molecule has 51 heavy (non-hydrogen) atoms. The first kappa shape index (κ1) is 45.8. The molecule has 2 unspecified atom stereocenters. The Morgan fingerprint density at radius 2 is 1.20 bits per heavy atom. The number of nitrogens with zero attached hydrogens (tertiary/aromatic N) is 1. The van der Waals surface area contributed by atoms with E-state index in [1.54, 1.807) is 0 Å². The number of fused-ring (bicyclic) bond motifs is 2. The fourth-order valence-electron chi connectivity index (χ4n) is 9.36. The molecule has 7 heteroatoms. The zero-order valence-corrected chi connectivity index (χ0v) is 34.1. The first-order valence-electron chi connectivity index (χ1n) is 22.1. The standard InChI is InChI=1S/C44H83NO6/c1-5-7-9-11-14-18-24-41(25-19-15-12-10-8-6-2)51-42(47)26-20-16-13-17-21-27-45(29-30-46)28-22-23-31-49-43(48)50-37-44-34-38(3)32-40(36-44)33-39(4)35-44/h38-41,46H,5-37H2,1-4H3. The van der Waals surface area contributed by atoms with E-state index < -0.39 is 6.16 Å². The van der Waals surface area contributed by atoms with Crippen molar-refractivity contribution < 1.29 is 28.9 Å². The number of aliphatic hydroxyl groups is 1. The lowest BCUT2D eigenvalue weighted by Crippen LogP contribution is -2.42. The van der Waals surface area contributed by atoms with E-state index in [9.17, 15) is 14.7 Å². The predicted molar refractivity (Wildman–Crippen MR) is 211 cm³/mol. The molecular formula is C44H83NO6. The number of rotatable bonds is 32. The van der Waals surface area contributed by atoms with Gasteiger partial charge in [-0.05, 0) is 114 Å². The van der Waals surface area contributed by atoms with Gasteiger partial charge >= 0.3 is 12.1 Å². The van der Waals surface area contributed by atoms with Gasteiger partial charge in [0.15, 0.2) is 0 Å². The number of carbonyl (C=O) groups excluding carboxylic acids is 2. The molecule has 2 saturated carbocycles. The van der Waals surface area contributed by atoms with E-state index in [0.717, 1.165) is 89.6 Å². The van der Waals surface area contributed by atoms with Gasteiger partial charge in [-0.3, -0.25) is 4.79 Å². The molecule has 0 saturated heterocycles. The van der Waals surface area contributed by atoms with Gasteiger partial charge in [0.25, 0.3) is 0 Å². The molecule has 2 atom stereocenters. The summed E-state index contributed by atoms with van der Waals surface area (Å²) in [5.41, 5.74) is 0.151. The highest BCUT2D eigenvalue weighted by molar-refractivity contribution is 5.69. The second-order valence-corrected chi connectivity index (χ2v) is 17.1. The lowest BCUT2D eigenvalue weighted by atomic mass is 9.57. The lowest BCUT2D eigenvalue weighted by Gasteiger charge is -2.49. The van der Waals surface area contributed by atoms with Crippen molar-refractivity contribution in [1.29, 1.82) is 0 Å². The highest BCUT2D eigenvalue weighted by atomic mass is 16.7. The van der Waals surface area contributed by atoms with Gasteiger partial charge in [-0.1, -0.05) is 111 Å². The van der Waals surface area contributed by atoms with E-state index in [2.05, 4.69) is 32.6 Å². The third-order valence-electron chi connectivity index (χ3n) is 11.7. The molecule has 2 aliphatic carbocycles. The SMILES string of the molecule is CCCCCCCCC(CCCCCCCC)OC(=O)CCCCCCCN(CCO)CCCCOC(=O)OCC12CC(C)CC(CC(C)C1)C2. The lowest BCUT2D eigenvalue weighted by molar-refractivity contribution is -0.150. The molecule has 2 fully saturated rings. The topological polar surface area (TPSA) is 85.3 Å². The molecule has 0 aromatic carbocycles. The molecule has 0 aromatic rings. The molecule has 2 bridgehead atoms. The summed E-state index contributed by atoms with van der Waals surface area (Å²) >= 11 is 0. The molecule has 0 radical (unpaired) electrons. The Morgan fingerprint density at radius 1 is 0.667 bits per heavy atom. The van der Waals surface area contributed by atoms with Crippen molar-refractivity contribution in [2.45, 2.75) is 207 Å². The van der Waals surface area contributed by atoms with Gasteiger partial charge in [-0.15, -0.1) is 0 Å². The maximum absolute atomic E-state index is 12.7. The molecule has 0 heterocycles. The normalized spacial score (nSPS) is 21.7. The first-order chi connectivity index (χ1) is 24.8. The van der Waals surface area contributed by atoms with Crippen LogP contribution in [-0.4, -0.2) is 67.7 Å². The summed E-state index contributed by atoms with van der Waals surface area (Å²) in [5.74, 6) is 2.21. The highest BCUT2D eigenvalue weighted by Crippen LogP contribution is 2.52. The van der Waals surface area contributed by atoms with E-state index >= 15 is 0 Å². The zero-order valence-electron chi connectivity index (χ0n) is 34.1. The summed E-state index contributed by atoms with van der Waals surface area (Å²) in [6.07, 6.45) is 30.7. The number of hydrogen-bond donors (Lipinski definition) is 1. The quantitative estimate of drug-likeness (QED) is 0.0546. The highest BCUT2D eigenvalue weighted by Gasteiger charge is 2.45. The third-order valence-corrected chi connectivity index (χ3v) is 11.7. The van der Waals surface area contributed by atoms with Crippen LogP contribution in [0.5, 0.6) is 0 Å². The molecule has 1 N–H and O–H groups in total. The first-order valence-corrected chi connectivity index (χ1v) is 22.1. The van der Waals surface area contributed by atoms with Gasteiger partial charge in [-0.2, -0.15) is 0 Å². The third kappa shape index (κ3) is 22.5. The van der Waals surface area contributed by atoms with Crippen LogP contribution in [0.4, 0.5) is 4.79 Å². The Balaban J connectivity index is 1.52. The number of ether oxygens (including phenoxy) is 3. The molecular weight excluding hydrogens is 638 g/mol. The molecule has 300 valence electrons. The molecule has 0 aliphatic heterocycles. The van der Waals surface area contributed by atoms with E-state index in [4.69, 9.17) is 14.2 Å². The molecule has 0 amide bonds.